The Morgan fingerprint density at radius 3 is 2.53 bits per heavy atom. The van der Waals surface area contributed by atoms with E-state index >= 15 is 0 Å². The number of nitrogens with two attached hydrogens (primary N) is 1. The Morgan fingerprint density at radius 1 is 1.32 bits per heavy atom. The number of anilines is 1. The molecule has 0 saturated heterocycles. The summed E-state index contributed by atoms with van der Waals surface area (Å²) in [6.45, 7) is 0. The van der Waals surface area contributed by atoms with Gasteiger partial charge in [0.1, 0.15) is 5.82 Å². The number of para-hydroxylation sites is 1. The minimum Gasteiger partial charge on any atom is -0.370 e. The van der Waals surface area contributed by atoms with Crippen molar-refractivity contribution in [2.45, 2.75) is 31.2 Å². The molecule has 19 heavy (non-hydrogen) atoms. The van der Waals surface area contributed by atoms with E-state index in [1.165, 1.54) is 12.1 Å². The van der Waals surface area contributed by atoms with Gasteiger partial charge in [0.05, 0.1) is 11.2 Å². The Balaban J connectivity index is 1.97. The van der Waals surface area contributed by atoms with Gasteiger partial charge in [0.25, 0.3) is 0 Å². The normalized spacial score (nSPS) is 16.3. The zero-order valence-electron chi connectivity index (χ0n) is 10.4. The summed E-state index contributed by atoms with van der Waals surface area (Å²) in [5, 5.41) is 5.15. The van der Waals surface area contributed by atoms with Gasteiger partial charge in [-0.2, -0.15) is 0 Å². The van der Waals surface area contributed by atoms with Crippen molar-refractivity contribution in [1.29, 1.82) is 0 Å². The van der Waals surface area contributed by atoms with E-state index < -0.39 is 23.3 Å². The molecule has 0 heterocycles. The predicted molar refractivity (Wildman–Crippen MR) is 68.9 cm³/mol. The molecule has 0 aliphatic heterocycles. The van der Waals surface area contributed by atoms with Crippen LogP contribution < -0.4 is 16.4 Å². The number of carbonyl (C=O) groups is 2. The fourth-order valence-electron chi connectivity index (χ4n) is 2.24. The second-order valence-electron chi connectivity index (χ2n) is 4.84. The first kappa shape index (κ1) is 13.3. The summed E-state index contributed by atoms with van der Waals surface area (Å²) in [5.74, 6) is -0.957. The van der Waals surface area contributed by atoms with Gasteiger partial charge >= 0.3 is 6.03 Å². The van der Waals surface area contributed by atoms with Gasteiger partial charge in [0.2, 0.25) is 5.91 Å². The maximum absolute atomic E-state index is 13.4. The van der Waals surface area contributed by atoms with Crippen LogP contribution in [0.3, 0.4) is 0 Å². The molecule has 0 aromatic heterocycles. The van der Waals surface area contributed by atoms with Crippen LogP contribution in [0.15, 0.2) is 24.3 Å². The average Bonchev–Trinajstić information content (AvgIpc) is 2.28. The first-order valence-electron chi connectivity index (χ1n) is 6.13. The summed E-state index contributed by atoms with van der Waals surface area (Å²) in [7, 11) is 0. The third kappa shape index (κ3) is 3.21. The van der Waals surface area contributed by atoms with Crippen LogP contribution in [0.4, 0.5) is 14.9 Å². The molecule has 1 aromatic carbocycles. The van der Waals surface area contributed by atoms with Crippen LogP contribution in [0.2, 0.25) is 0 Å². The van der Waals surface area contributed by atoms with E-state index in [4.69, 9.17) is 5.73 Å². The van der Waals surface area contributed by atoms with Gasteiger partial charge in [-0.25, -0.2) is 9.18 Å². The topological polar surface area (TPSA) is 84.2 Å². The number of rotatable bonds is 4. The Hall–Kier alpha value is -2.11. The molecule has 0 spiro atoms. The van der Waals surface area contributed by atoms with Gasteiger partial charge < -0.3 is 16.4 Å². The molecule has 6 heteroatoms. The van der Waals surface area contributed by atoms with E-state index in [9.17, 15) is 14.0 Å². The number of amides is 3. The van der Waals surface area contributed by atoms with Crippen LogP contribution in [0.25, 0.3) is 0 Å². The van der Waals surface area contributed by atoms with Gasteiger partial charge in [-0.3, -0.25) is 4.79 Å². The van der Waals surface area contributed by atoms with Gasteiger partial charge in [-0.1, -0.05) is 12.1 Å². The zero-order valence-corrected chi connectivity index (χ0v) is 10.4. The van der Waals surface area contributed by atoms with Crippen LogP contribution in [-0.4, -0.2) is 17.5 Å². The van der Waals surface area contributed by atoms with Crippen LogP contribution in [-0.2, 0) is 4.79 Å². The Labute approximate surface area is 110 Å². The van der Waals surface area contributed by atoms with Crippen molar-refractivity contribution < 1.29 is 14.0 Å². The zero-order chi connectivity index (χ0) is 13.9. The molecular formula is C13H16FN3O2. The molecule has 1 aliphatic carbocycles. The van der Waals surface area contributed by atoms with Crippen LogP contribution >= 0.6 is 0 Å². The molecule has 0 bridgehead atoms. The highest BCUT2D eigenvalue weighted by Crippen LogP contribution is 2.34. The van der Waals surface area contributed by atoms with Gasteiger partial charge in [-0.05, 0) is 31.4 Å². The number of halogens is 1. The lowest BCUT2D eigenvalue weighted by molar-refractivity contribution is -0.120. The molecule has 1 saturated carbocycles. The van der Waals surface area contributed by atoms with E-state index in [1.807, 2.05) is 0 Å². The number of hydrogen-bond donors (Lipinski definition) is 3. The van der Waals surface area contributed by atoms with Crippen molar-refractivity contribution in [2.75, 3.05) is 5.32 Å². The van der Waals surface area contributed by atoms with Crippen LogP contribution in [0, 0.1) is 5.82 Å². The van der Waals surface area contributed by atoms with E-state index in [0.29, 0.717) is 12.8 Å². The van der Waals surface area contributed by atoms with Gasteiger partial charge in [-0.15, -0.1) is 0 Å². The molecular weight excluding hydrogens is 249 g/mol. The standard InChI is InChI=1S/C13H16FN3O2/c14-9-4-1-2-5-10(9)16-12(19)17-13(6-3-7-13)8-11(15)18/h1-2,4-5H,3,6-8H2,(H2,15,18)(H2,16,17,19). The number of urea groups is 1. The Morgan fingerprint density at radius 2 is 2.00 bits per heavy atom. The number of carbonyl (C=O) groups excluding carboxylic acids is 2. The Bertz CT molecular complexity index is 500. The lowest BCUT2D eigenvalue weighted by Crippen LogP contribution is -2.56. The second-order valence-corrected chi connectivity index (χ2v) is 4.84. The predicted octanol–water partition coefficient (Wildman–Crippen LogP) is 1.75. The number of hydrogen-bond acceptors (Lipinski definition) is 2. The molecule has 4 N–H and O–H groups in total. The minimum absolute atomic E-state index is 0.105. The molecule has 0 radical (unpaired) electrons. The third-order valence-electron chi connectivity index (χ3n) is 3.32. The van der Waals surface area contributed by atoms with E-state index in [0.717, 1.165) is 6.42 Å². The molecule has 3 amide bonds. The third-order valence-corrected chi connectivity index (χ3v) is 3.32. The molecule has 102 valence electrons. The lowest BCUT2D eigenvalue weighted by Gasteiger charge is -2.41. The largest absolute Gasteiger partial charge is 0.370 e. The maximum Gasteiger partial charge on any atom is 0.319 e. The van der Waals surface area contributed by atoms with Crippen molar-refractivity contribution >= 4 is 17.6 Å². The molecule has 2 rings (SSSR count). The maximum atomic E-state index is 13.4. The van der Waals surface area contributed by atoms with Crippen LogP contribution in [0.1, 0.15) is 25.7 Å². The van der Waals surface area contributed by atoms with E-state index in [1.54, 1.807) is 12.1 Å². The second kappa shape index (κ2) is 5.26. The highest BCUT2D eigenvalue weighted by atomic mass is 19.1. The molecule has 0 unspecified atom stereocenters. The molecule has 1 fully saturated rings. The Kier molecular flexibility index (Phi) is 3.69. The summed E-state index contributed by atoms with van der Waals surface area (Å²) in [4.78, 5) is 22.8. The summed E-state index contributed by atoms with van der Waals surface area (Å²) in [6.07, 6.45) is 2.46. The number of nitrogens with one attached hydrogen (secondary N) is 2. The van der Waals surface area contributed by atoms with Crippen molar-refractivity contribution in [1.82, 2.24) is 5.32 Å². The van der Waals surface area contributed by atoms with Crippen molar-refractivity contribution in [3.63, 3.8) is 0 Å². The van der Waals surface area contributed by atoms with Crippen LogP contribution in [0.5, 0.6) is 0 Å². The molecule has 1 aliphatic rings. The van der Waals surface area contributed by atoms with E-state index in [-0.39, 0.29) is 12.1 Å². The summed E-state index contributed by atoms with van der Waals surface area (Å²) >= 11 is 0. The fraction of sp³-hybridized carbons (Fsp3) is 0.385. The smallest absolute Gasteiger partial charge is 0.319 e. The highest BCUT2D eigenvalue weighted by Gasteiger charge is 2.39. The lowest BCUT2D eigenvalue weighted by atomic mass is 9.74. The van der Waals surface area contributed by atoms with Gasteiger partial charge in [0.15, 0.2) is 0 Å². The monoisotopic (exact) mass is 265 g/mol. The van der Waals surface area contributed by atoms with Gasteiger partial charge in [0, 0.05) is 6.42 Å². The average molecular weight is 265 g/mol. The number of benzene rings is 1. The van der Waals surface area contributed by atoms with Crippen molar-refractivity contribution in [2.24, 2.45) is 5.73 Å². The minimum atomic E-state index is -0.568. The van der Waals surface area contributed by atoms with E-state index in [2.05, 4.69) is 10.6 Å². The number of primary amides is 1. The van der Waals surface area contributed by atoms with Crippen molar-refractivity contribution in [3.8, 4) is 0 Å². The first-order chi connectivity index (χ1) is 9.01. The molecule has 5 nitrogen and oxygen atoms in total. The summed E-state index contributed by atoms with van der Waals surface area (Å²) in [6, 6.07) is 5.38. The summed E-state index contributed by atoms with van der Waals surface area (Å²) < 4.78 is 13.4. The summed E-state index contributed by atoms with van der Waals surface area (Å²) in [5.41, 5.74) is 4.71. The SMILES string of the molecule is NC(=O)CC1(NC(=O)Nc2ccccc2F)CCC1. The fourth-order valence-corrected chi connectivity index (χ4v) is 2.24. The highest BCUT2D eigenvalue weighted by molar-refractivity contribution is 5.90. The quantitative estimate of drug-likeness (QED) is 0.774. The molecule has 0 atom stereocenters. The first-order valence-corrected chi connectivity index (χ1v) is 6.13. The van der Waals surface area contributed by atoms with Crippen molar-refractivity contribution in [3.05, 3.63) is 30.1 Å². The molecule has 1 aromatic rings.